The number of hydrogen-bond acceptors (Lipinski definition) is 5. The molecule has 0 unspecified atom stereocenters. The number of nitrogens with one attached hydrogen (secondary N) is 1. The van der Waals surface area contributed by atoms with Crippen LogP contribution in [-0.2, 0) is 19.4 Å². The Morgan fingerprint density at radius 2 is 2.10 bits per heavy atom. The van der Waals surface area contributed by atoms with Gasteiger partial charge in [-0.2, -0.15) is 0 Å². The smallest absolute Gasteiger partial charge is 0.136 e. The van der Waals surface area contributed by atoms with E-state index in [2.05, 4.69) is 40.0 Å². The zero-order valence-corrected chi connectivity index (χ0v) is 13.2. The van der Waals surface area contributed by atoms with Crippen molar-refractivity contribution >= 4 is 16.5 Å². The molecule has 0 spiro atoms. The molecule has 3 rings (SSSR count). The zero-order chi connectivity index (χ0) is 14.5. The Bertz CT molecular complexity index is 597. The van der Waals surface area contributed by atoms with Crippen LogP contribution in [0.5, 0.6) is 5.75 Å². The highest BCUT2D eigenvalue weighted by molar-refractivity contribution is 7.10. The van der Waals surface area contributed by atoms with Gasteiger partial charge < -0.3 is 10.1 Å². The van der Waals surface area contributed by atoms with Crippen molar-refractivity contribution in [2.75, 3.05) is 11.9 Å². The first-order chi connectivity index (χ1) is 10.4. The maximum Gasteiger partial charge on any atom is 0.136 e. The van der Waals surface area contributed by atoms with Gasteiger partial charge in [-0.1, -0.05) is 17.5 Å². The van der Waals surface area contributed by atoms with Crippen molar-refractivity contribution in [2.45, 2.75) is 45.6 Å². The van der Waals surface area contributed by atoms with Crippen molar-refractivity contribution in [3.8, 4) is 5.75 Å². The van der Waals surface area contributed by atoms with Crippen molar-refractivity contribution in [2.24, 2.45) is 0 Å². The standard InChI is InChI=1S/C16H21N3OS/c1-2-9-17-16-15(18-19-21-16)11-20-14-8-7-12-5-3-4-6-13(12)10-14/h7-8,10,17H,2-6,9,11H2,1H3. The minimum atomic E-state index is 0.474. The summed E-state index contributed by atoms with van der Waals surface area (Å²) in [4.78, 5) is 0. The Morgan fingerprint density at radius 3 is 2.95 bits per heavy atom. The van der Waals surface area contributed by atoms with Gasteiger partial charge in [-0.3, -0.25) is 0 Å². The second-order valence-corrected chi connectivity index (χ2v) is 6.16. The third-order valence-corrected chi connectivity index (χ3v) is 4.51. The number of rotatable bonds is 6. The van der Waals surface area contributed by atoms with Crippen LogP contribution in [0.2, 0.25) is 0 Å². The first-order valence-electron chi connectivity index (χ1n) is 7.66. The van der Waals surface area contributed by atoms with Crippen molar-refractivity contribution in [1.82, 2.24) is 9.59 Å². The number of benzene rings is 1. The Labute approximate surface area is 129 Å². The second-order valence-electron chi connectivity index (χ2n) is 5.40. The molecule has 1 aromatic heterocycles. The molecule has 1 aliphatic carbocycles. The summed E-state index contributed by atoms with van der Waals surface area (Å²) in [5, 5.41) is 8.52. The lowest BCUT2D eigenvalue weighted by atomic mass is 9.92. The molecule has 5 heteroatoms. The van der Waals surface area contributed by atoms with E-state index < -0.39 is 0 Å². The highest BCUT2D eigenvalue weighted by atomic mass is 32.1. The summed E-state index contributed by atoms with van der Waals surface area (Å²) in [5.41, 5.74) is 3.82. The van der Waals surface area contributed by atoms with Crippen LogP contribution in [0.25, 0.3) is 0 Å². The van der Waals surface area contributed by atoms with Crippen LogP contribution in [0.4, 0.5) is 5.00 Å². The van der Waals surface area contributed by atoms with Crippen LogP contribution >= 0.6 is 11.5 Å². The van der Waals surface area contributed by atoms with Crippen molar-refractivity contribution < 1.29 is 4.74 Å². The number of aromatic nitrogens is 2. The number of anilines is 1. The molecular formula is C16H21N3OS. The lowest BCUT2D eigenvalue weighted by Gasteiger charge is -2.16. The Balaban J connectivity index is 1.63. The van der Waals surface area contributed by atoms with Crippen LogP contribution in [-0.4, -0.2) is 16.1 Å². The predicted molar refractivity (Wildman–Crippen MR) is 86.1 cm³/mol. The van der Waals surface area contributed by atoms with Gasteiger partial charge in [0.1, 0.15) is 23.1 Å². The quantitative estimate of drug-likeness (QED) is 0.881. The monoisotopic (exact) mass is 303 g/mol. The molecule has 0 saturated heterocycles. The molecule has 0 bridgehead atoms. The van der Waals surface area contributed by atoms with Gasteiger partial charge in [0.05, 0.1) is 0 Å². The van der Waals surface area contributed by atoms with Gasteiger partial charge in [-0.25, -0.2) is 0 Å². The predicted octanol–water partition coefficient (Wildman–Crippen LogP) is 3.82. The normalized spacial score (nSPS) is 13.8. The maximum absolute atomic E-state index is 5.90. The van der Waals surface area contributed by atoms with E-state index in [9.17, 15) is 0 Å². The Hall–Kier alpha value is -1.62. The molecule has 0 radical (unpaired) electrons. The van der Waals surface area contributed by atoms with Gasteiger partial charge in [0, 0.05) is 18.1 Å². The molecule has 0 fully saturated rings. The number of ether oxygens (including phenoxy) is 1. The van der Waals surface area contributed by atoms with Crippen LogP contribution < -0.4 is 10.1 Å². The molecule has 0 aliphatic heterocycles. The molecule has 1 aromatic carbocycles. The fourth-order valence-electron chi connectivity index (χ4n) is 2.63. The Morgan fingerprint density at radius 1 is 1.24 bits per heavy atom. The summed E-state index contributed by atoms with van der Waals surface area (Å²) < 4.78 is 9.91. The fraction of sp³-hybridized carbons (Fsp3) is 0.500. The zero-order valence-electron chi connectivity index (χ0n) is 12.4. The van der Waals surface area contributed by atoms with E-state index in [0.717, 1.165) is 29.4 Å². The van der Waals surface area contributed by atoms with Crippen LogP contribution in [0.15, 0.2) is 18.2 Å². The molecule has 1 heterocycles. The number of fused-ring (bicyclic) bond motifs is 1. The molecule has 1 aliphatic rings. The van der Waals surface area contributed by atoms with Gasteiger partial charge in [0.25, 0.3) is 0 Å². The minimum absolute atomic E-state index is 0.474. The first-order valence-corrected chi connectivity index (χ1v) is 8.44. The van der Waals surface area contributed by atoms with Crippen LogP contribution in [0.3, 0.4) is 0 Å². The van der Waals surface area contributed by atoms with E-state index in [-0.39, 0.29) is 0 Å². The Kier molecular flexibility index (Phi) is 4.70. The summed E-state index contributed by atoms with van der Waals surface area (Å²) in [7, 11) is 0. The summed E-state index contributed by atoms with van der Waals surface area (Å²) in [5.74, 6) is 0.935. The van der Waals surface area contributed by atoms with E-state index in [0.29, 0.717) is 6.61 Å². The SMILES string of the molecule is CCCNc1snnc1COc1ccc2c(c1)CCCC2. The van der Waals surface area contributed by atoms with E-state index >= 15 is 0 Å². The summed E-state index contributed by atoms with van der Waals surface area (Å²) >= 11 is 1.40. The van der Waals surface area contributed by atoms with Crippen molar-refractivity contribution in [1.29, 1.82) is 0 Å². The maximum atomic E-state index is 5.90. The number of nitrogens with zero attached hydrogens (tertiary/aromatic N) is 2. The van der Waals surface area contributed by atoms with Gasteiger partial charge in [-0.15, -0.1) is 5.10 Å². The molecule has 4 nitrogen and oxygen atoms in total. The highest BCUT2D eigenvalue weighted by Gasteiger charge is 2.11. The summed E-state index contributed by atoms with van der Waals surface area (Å²) in [6.45, 7) is 3.56. The van der Waals surface area contributed by atoms with Crippen LogP contribution in [0, 0.1) is 0 Å². The largest absolute Gasteiger partial charge is 0.487 e. The van der Waals surface area contributed by atoms with Crippen LogP contribution in [0.1, 0.15) is 43.0 Å². The second kappa shape index (κ2) is 6.89. The molecule has 112 valence electrons. The first kappa shape index (κ1) is 14.3. The van der Waals surface area contributed by atoms with E-state index in [1.54, 1.807) is 0 Å². The molecule has 1 N–H and O–H groups in total. The third kappa shape index (κ3) is 3.53. The van der Waals surface area contributed by atoms with E-state index in [1.165, 1.54) is 48.3 Å². The highest BCUT2D eigenvalue weighted by Crippen LogP contribution is 2.26. The topological polar surface area (TPSA) is 47.0 Å². The third-order valence-electron chi connectivity index (χ3n) is 3.79. The van der Waals surface area contributed by atoms with Gasteiger partial charge in [-0.05, 0) is 55.4 Å². The average Bonchev–Trinajstić information content (AvgIpc) is 2.98. The average molecular weight is 303 g/mol. The molecule has 2 aromatic rings. The molecule has 0 atom stereocenters. The van der Waals surface area contributed by atoms with Crippen molar-refractivity contribution in [3.63, 3.8) is 0 Å². The number of hydrogen-bond donors (Lipinski definition) is 1. The van der Waals surface area contributed by atoms with Gasteiger partial charge >= 0.3 is 0 Å². The molecule has 21 heavy (non-hydrogen) atoms. The minimum Gasteiger partial charge on any atom is -0.487 e. The van der Waals surface area contributed by atoms with E-state index in [4.69, 9.17) is 4.74 Å². The summed E-state index contributed by atoms with van der Waals surface area (Å²) in [6.07, 6.45) is 6.07. The lowest BCUT2D eigenvalue weighted by Crippen LogP contribution is -2.05. The molecule has 0 amide bonds. The molecule has 0 saturated carbocycles. The summed E-state index contributed by atoms with van der Waals surface area (Å²) in [6, 6.07) is 6.47. The lowest BCUT2D eigenvalue weighted by molar-refractivity contribution is 0.301. The van der Waals surface area contributed by atoms with Crippen molar-refractivity contribution in [3.05, 3.63) is 35.0 Å². The fourth-order valence-corrected chi connectivity index (χ4v) is 3.22. The molecular weight excluding hydrogens is 282 g/mol. The number of aryl methyl sites for hydroxylation is 2. The van der Waals surface area contributed by atoms with Gasteiger partial charge in [0.15, 0.2) is 0 Å². The van der Waals surface area contributed by atoms with E-state index in [1.807, 2.05) is 0 Å². The van der Waals surface area contributed by atoms with Gasteiger partial charge in [0.2, 0.25) is 0 Å².